The van der Waals surface area contributed by atoms with Crippen molar-refractivity contribution in [2.24, 2.45) is 0 Å². The molecule has 1 rings (SSSR count). The van der Waals surface area contributed by atoms with Crippen LogP contribution >= 0.6 is 0 Å². The quantitative estimate of drug-likeness (QED) is 0.588. The second-order valence-electron chi connectivity index (χ2n) is 3.11. The lowest BCUT2D eigenvalue weighted by Gasteiger charge is -2.07. The van der Waals surface area contributed by atoms with Crippen molar-refractivity contribution in [2.75, 3.05) is 20.7 Å². The second-order valence-corrected chi connectivity index (χ2v) is 3.11. The highest BCUT2D eigenvalue weighted by Crippen LogP contribution is 2.24. The largest absolute Gasteiger partial charge is 0.496 e. The van der Waals surface area contributed by atoms with Crippen LogP contribution < -0.4 is 10.1 Å². The van der Waals surface area contributed by atoms with E-state index in [1.54, 1.807) is 6.07 Å². The third-order valence-electron chi connectivity index (χ3n) is 2.13. The molecule has 0 heterocycles. The van der Waals surface area contributed by atoms with E-state index in [1.807, 2.05) is 7.05 Å². The normalized spacial score (nSPS) is 10.0. The molecule has 5 heteroatoms. The molecule has 1 aromatic carbocycles. The van der Waals surface area contributed by atoms with E-state index in [1.165, 1.54) is 19.2 Å². The number of hydrogen-bond acceptors (Lipinski definition) is 4. The minimum atomic E-state index is -0.426. The Morgan fingerprint density at radius 3 is 2.80 bits per heavy atom. The van der Waals surface area contributed by atoms with Gasteiger partial charge >= 0.3 is 0 Å². The summed E-state index contributed by atoms with van der Waals surface area (Å²) in [5.74, 6) is 0.569. The Hall–Kier alpha value is -1.62. The Morgan fingerprint density at radius 1 is 1.53 bits per heavy atom. The minimum Gasteiger partial charge on any atom is -0.496 e. The summed E-state index contributed by atoms with van der Waals surface area (Å²) in [7, 11) is 3.37. The molecule has 0 amide bonds. The SMILES string of the molecule is CNCCc1ccc([N+](=O)[O-])cc1OC. The fraction of sp³-hybridized carbons (Fsp3) is 0.400. The standard InChI is InChI=1S/C10H14N2O3/c1-11-6-5-8-3-4-9(12(13)14)7-10(8)15-2/h3-4,7,11H,5-6H2,1-2H3. The summed E-state index contributed by atoms with van der Waals surface area (Å²) in [6, 6.07) is 4.67. The van der Waals surface area contributed by atoms with Gasteiger partial charge in [0, 0.05) is 6.07 Å². The van der Waals surface area contributed by atoms with Crippen LogP contribution in [0.25, 0.3) is 0 Å². The molecule has 0 aliphatic rings. The zero-order chi connectivity index (χ0) is 11.3. The van der Waals surface area contributed by atoms with E-state index in [2.05, 4.69) is 5.32 Å². The van der Waals surface area contributed by atoms with Crippen molar-refractivity contribution in [3.05, 3.63) is 33.9 Å². The van der Waals surface area contributed by atoms with Crippen LogP contribution in [0.3, 0.4) is 0 Å². The molecular weight excluding hydrogens is 196 g/mol. The van der Waals surface area contributed by atoms with Crippen LogP contribution in [0.2, 0.25) is 0 Å². The third-order valence-corrected chi connectivity index (χ3v) is 2.13. The summed E-state index contributed by atoms with van der Waals surface area (Å²) < 4.78 is 5.10. The molecule has 15 heavy (non-hydrogen) atoms. The van der Waals surface area contributed by atoms with Gasteiger partial charge in [-0.3, -0.25) is 10.1 Å². The maximum atomic E-state index is 10.5. The Labute approximate surface area is 88.2 Å². The van der Waals surface area contributed by atoms with E-state index in [9.17, 15) is 10.1 Å². The topological polar surface area (TPSA) is 64.4 Å². The van der Waals surface area contributed by atoms with Crippen molar-refractivity contribution >= 4 is 5.69 Å². The van der Waals surface area contributed by atoms with Gasteiger partial charge in [-0.1, -0.05) is 0 Å². The van der Waals surface area contributed by atoms with Gasteiger partial charge in [-0.25, -0.2) is 0 Å². The van der Waals surface area contributed by atoms with Crippen LogP contribution in [0.5, 0.6) is 5.75 Å². The summed E-state index contributed by atoms with van der Waals surface area (Å²) >= 11 is 0. The number of hydrogen-bond donors (Lipinski definition) is 1. The molecule has 5 nitrogen and oxygen atoms in total. The summed E-state index contributed by atoms with van der Waals surface area (Å²) in [5.41, 5.74) is 1.03. The number of likely N-dealkylation sites (N-methyl/N-ethyl adjacent to an activating group) is 1. The van der Waals surface area contributed by atoms with Gasteiger partial charge in [0.2, 0.25) is 0 Å². The molecule has 0 saturated heterocycles. The number of nitro benzene ring substituents is 1. The second kappa shape index (κ2) is 5.31. The van der Waals surface area contributed by atoms with E-state index in [0.29, 0.717) is 5.75 Å². The first-order valence-electron chi connectivity index (χ1n) is 4.65. The van der Waals surface area contributed by atoms with Crippen molar-refractivity contribution < 1.29 is 9.66 Å². The number of ether oxygens (including phenoxy) is 1. The number of nitrogens with zero attached hydrogens (tertiary/aromatic N) is 1. The summed E-state index contributed by atoms with van der Waals surface area (Å²) in [6.07, 6.45) is 0.789. The van der Waals surface area contributed by atoms with Gasteiger partial charge in [0.25, 0.3) is 5.69 Å². The molecule has 82 valence electrons. The summed E-state index contributed by atoms with van der Waals surface area (Å²) in [4.78, 5) is 10.1. The zero-order valence-electron chi connectivity index (χ0n) is 8.82. The average molecular weight is 210 g/mol. The molecule has 0 atom stereocenters. The molecule has 1 N–H and O–H groups in total. The predicted molar refractivity (Wildman–Crippen MR) is 57.3 cm³/mol. The smallest absolute Gasteiger partial charge is 0.273 e. The maximum absolute atomic E-state index is 10.5. The Kier molecular flexibility index (Phi) is 4.05. The Morgan fingerprint density at radius 2 is 2.27 bits per heavy atom. The highest BCUT2D eigenvalue weighted by atomic mass is 16.6. The molecule has 0 spiro atoms. The first-order chi connectivity index (χ1) is 7.19. The number of rotatable bonds is 5. The molecule has 0 aromatic heterocycles. The fourth-order valence-corrected chi connectivity index (χ4v) is 1.31. The molecule has 0 unspecified atom stereocenters. The van der Waals surface area contributed by atoms with Crippen LogP contribution in [0.1, 0.15) is 5.56 Å². The third kappa shape index (κ3) is 2.92. The molecule has 0 aliphatic heterocycles. The lowest BCUT2D eigenvalue weighted by atomic mass is 10.1. The number of nitro groups is 1. The highest BCUT2D eigenvalue weighted by molar-refractivity contribution is 5.44. The molecule has 0 fully saturated rings. The summed E-state index contributed by atoms with van der Waals surface area (Å²) in [5, 5.41) is 13.5. The lowest BCUT2D eigenvalue weighted by Crippen LogP contribution is -2.11. The molecular formula is C10H14N2O3. The highest BCUT2D eigenvalue weighted by Gasteiger charge is 2.10. The van der Waals surface area contributed by atoms with Gasteiger partial charge in [0.1, 0.15) is 5.75 Å². The average Bonchev–Trinajstić information content (AvgIpc) is 2.25. The molecule has 0 bridgehead atoms. The molecule has 0 radical (unpaired) electrons. The molecule has 0 saturated carbocycles. The monoisotopic (exact) mass is 210 g/mol. The minimum absolute atomic E-state index is 0.0556. The van der Waals surface area contributed by atoms with Gasteiger partial charge in [-0.05, 0) is 31.6 Å². The first-order valence-corrected chi connectivity index (χ1v) is 4.65. The van der Waals surface area contributed by atoms with Gasteiger partial charge in [-0.15, -0.1) is 0 Å². The van der Waals surface area contributed by atoms with E-state index in [-0.39, 0.29) is 5.69 Å². The lowest BCUT2D eigenvalue weighted by molar-refractivity contribution is -0.384. The van der Waals surface area contributed by atoms with Crippen LogP contribution in [0.4, 0.5) is 5.69 Å². The fourth-order valence-electron chi connectivity index (χ4n) is 1.31. The van der Waals surface area contributed by atoms with Crippen LogP contribution in [0, 0.1) is 10.1 Å². The van der Waals surface area contributed by atoms with Crippen molar-refractivity contribution in [1.29, 1.82) is 0 Å². The maximum Gasteiger partial charge on any atom is 0.273 e. The summed E-state index contributed by atoms with van der Waals surface area (Å²) in [6.45, 7) is 0.814. The van der Waals surface area contributed by atoms with E-state index in [0.717, 1.165) is 18.5 Å². The van der Waals surface area contributed by atoms with Crippen molar-refractivity contribution in [2.45, 2.75) is 6.42 Å². The Bertz CT molecular complexity index is 353. The predicted octanol–water partition coefficient (Wildman–Crippen LogP) is 1.37. The number of non-ortho nitro benzene ring substituents is 1. The van der Waals surface area contributed by atoms with E-state index in [4.69, 9.17) is 4.74 Å². The van der Waals surface area contributed by atoms with E-state index < -0.39 is 4.92 Å². The molecule has 1 aromatic rings. The zero-order valence-corrected chi connectivity index (χ0v) is 8.82. The van der Waals surface area contributed by atoms with Crippen molar-refractivity contribution in [3.63, 3.8) is 0 Å². The molecule has 0 aliphatic carbocycles. The number of benzene rings is 1. The number of methoxy groups -OCH3 is 1. The number of nitrogens with one attached hydrogen (secondary N) is 1. The van der Waals surface area contributed by atoms with Crippen LogP contribution in [-0.4, -0.2) is 25.6 Å². The van der Waals surface area contributed by atoms with Gasteiger partial charge < -0.3 is 10.1 Å². The Balaban J connectivity index is 2.93. The van der Waals surface area contributed by atoms with E-state index >= 15 is 0 Å². The van der Waals surface area contributed by atoms with Gasteiger partial charge in [-0.2, -0.15) is 0 Å². The van der Waals surface area contributed by atoms with Crippen molar-refractivity contribution in [3.8, 4) is 5.75 Å². The first kappa shape index (κ1) is 11.5. The van der Waals surface area contributed by atoms with Crippen molar-refractivity contribution in [1.82, 2.24) is 5.32 Å². The van der Waals surface area contributed by atoms with Gasteiger partial charge in [0.15, 0.2) is 0 Å². The van der Waals surface area contributed by atoms with Crippen LogP contribution in [-0.2, 0) is 6.42 Å². The van der Waals surface area contributed by atoms with Gasteiger partial charge in [0.05, 0.1) is 18.1 Å². The van der Waals surface area contributed by atoms with Crippen LogP contribution in [0.15, 0.2) is 18.2 Å².